The SMILES string of the molecule is CN(C)C(=O)[C@H]1C[C@H]1[C@@H](O)[C@H](CO)NC(=O)[C@H](Cc1ccccc1)NC(=O)OC(C)(C)C. The summed E-state index contributed by atoms with van der Waals surface area (Å²) in [5, 5.41) is 25.6. The normalized spacial score (nSPS) is 20.5. The van der Waals surface area contributed by atoms with Crippen molar-refractivity contribution in [1.29, 1.82) is 0 Å². The summed E-state index contributed by atoms with van der Waals surface area (Å²) < 4.78 is 5.27. The second-order valence-electron chi connectivity index (χ2n) is 9.42. The van der Waals surface area contributed by atoms with Crippen LogP contribution in [0.4, 0.5) is 4.79 Å². The van der Waals surface area contributed by atoms with Gasteiger partial charge in [-0.15, -0.1) is 0 Å². The third kappa shape index (κ3) is 7.49. The minimum atomic E-state index is -1.09. The second-order valence-corrected chi connectivity index (χ2v) is 9.42. The van der Waals surface area contributed by atoms with Gasteiger partial charge in [0.2, 0.25) is 11.8 Å². The fourth-order valence-electron chi connectivity index (χ4n) is 3.54. The number of nitrogens with zero attached hydrogens (tertiary/aromatic N) is 1. The van der Waals surface area contributed by atoms with Gasteiger partial charge in [0.25, 0.3) is 0 Å². The van der Waals surface area contributed by atoms with Gasteiger partial charge in [0, 0.05) is 26.4 Å². The van der Waals surface area contributed by atoms with E-state index in [2.05, 4.69) is 10.6 Å². The van der Waals surface area contributed by atoms with Gasteiger partial charge in [-0.05, 0) is 38.7 Å². The highest BCUT2D eigenvalue weighted by Crippen LogP contribution is 2.43. The lowest BCUT2D eigenvalue weighted by Gasteiger charge is -2.27. The molecular formula is C23H35N3O6. The van der Waals surface area contributed by atoms with Gasteiger partial charge in [0.05, 0.1) is 18.8 Å². The Morgan fingerprint density at radius 1 is 1.16 bits per heavy atom. The molecule has 9 nitrogen and oxygen atoms in total. The van der Waals surface area contributed by atoms with E-state index in [0.717, 1.165) is 5.56 Å². The number of hydrogen-bond donors (Lipinski definition) is 4. The molecule has 1 aromatic carbocycles. The van der Waals surface area contributed by atoms with E-state index < -0.39 is 42.4 Å². The van der Waals surface area contributed by atoms with E-state index in [0.29, 0.717) is 6.42 Å². The molecule has 178 valence electrons. The molecule has 1 fully saturated rings. The standard InChI is InChI=1S/C23H35N3O6/c1-23(2,3)32-22(31)25-17(11-14-9-7-6-8-10-14)20(29)24-18(13-27)19(28)15-12-16(15)21(30)26(4)5/h6-10,15-19,27-28H,11-13H2,1-5H3,(H,24,29)(H,25,31)/t15-,16+,17+,18+,19-/m1/s1. The molecule has 0 heterocycles. The highest BCUT2D eigenvalue weighted by atomic mass is 16.6. The highest BCUT2D eigenvalue weighted by molar-refractivity contribution is 5.86. The van der Waals surface area contributed by atoms with Crippen molar-refractivity contribution >= 4 is 17.9 Å². The first-order valence-electron chi connectivity index (χ1n) is 10.8. The lowest BCUT2D eigenvalue weighted by atomic mass is 10.0. The molecule has 0 unspecified atom stereocenters. The van der Waals surface area contributed by atoms with Crippen molar-refractivity contribution in [3.8, 4) is 0 Å². The fourth-order valence-corrected chi connectivity index (χ4v) is 3.54. The Kier molecular flexibility index (Phi) is 8.63. The van der Waals surface area contributed by atoms with Crippen LogP contribution < -0.4 is 10.6 Å². The summed E-state index contributed by atoms with van der Waals surface area (Å²) in [4.78, 5) is 38.9. The van der Waals surface area contributed by atoms with Gasteiger partial charge in [-0.1, -0.05) is 30.3 Å². The van der Waals surface area contributed by atoms with Crippen molar-refractivity contribution < 1.29 is 29.3 Å². The first kappa shape index (κ1) is 25.6. The summed E-state index contributed by atoms with van der Waals surface area (Å²) in [5.41, 5.74) is 0.0883. The molecule has 1 aromatic rings. The van der Waals surface area contributed by atoms with Crippen LogP contribution in [0, 0.1) is 11.8 Å². The minimum Gasteiger partial charge on any atom is -0.444 e. The lowest BCUT2D eigenvalue weighted by molar-refractivity contribution is -0.130. The van der Waals surface area contributed by atoms with Crippen LogP contribution in [-0.4, -0.2) is 77.5 Å². The molecular weight excluding hydrogens is 414 g/mol. The number of ether oxygens (including phenoxy) is 1. The molecule has 3 amide bonds. The van der Waals surface area contributed by atoms with Crippen LogP contribution in [0.5, 0.6) is 0 Å². The van der Waals surface area contributed by atoms with Gasteiger partial charge in [-0.3, -0.25) is 9.59 Å². The molecule has 4 N–H and O–H groups in total. The number of rotatable bonds is 9. The number of carbonyl (C=O) groups is 3. The minimum absolute atomic E-state index is 0.0920. The van der Waals surface area contributed by atoms with Gasteiger partial charge in [0.15, 0.2) is 0 Å². The largest absolute Gasteiger partial charge is 0.444 e. The maximum Gasteiger partial charge on any atom is 0.408 e. The van der Waals surface area contributed by atoms with Crippen molar-refractivity contribution in [1.82, 2.24) is 15.5 Å². The molecule has 0 aromatic heterocycles. The van der Waals surface area contributed by atoms with Crippen molar-refractivity contribution in [2.75, 3.05) is 20.7 Å². The maximum absolute atomic E-state index is 13.0. The average Bonchev–Trinajstić information content (AvgIpc) is 3.50. The van der Waals surface area contributed by atoms with E-state index in [4.69, 9.17) is 4.74 Å². The quantitative estimate of drug-likeness (QED) is 0.439. The first-order valence-corrected chi connectivity index (χ1v) is 10.8. The number of benzene rings is 1. The molecule has 2 rings (SSSR count). The van der Waals surface area contributed by atoms with Crippen LogP contribution in [-0.2, 0) is 20.7 Å². The van der Waals surface area contributed by atoms with Crippen LogP contribution in [0.3, 0.4) is 0 Å². The third-order valence-corrected chi connectivity index (χ3v) is 5.26. The molecule has 0 bridgehead atoms. The molecule has 1 aliphatic carbocycles. The van der Waals surface area contributed by atoms with Gasteiger partial charge in [-0.2, -0.15) is 0 Å². The topological polar surface area (TPSA) is 128 Å². The summed E-state index contributed by atoms with van der Waals surface area (Å²) in [7, 11) is 3.29. The highest BCUT2D eigenvalue weighted by Gasteiger charge is 2.50. The number of alkyl carbamates (subject to hydrolysis) is 1. The Hall–Kier alpha value is -2.65. The van der Waals surface area contributed by atoms with Crippen molar-refractivity contribution in [3.05, 3.63) is 35.9 Å². The van der Waals surface area contributed by atoms with Crippen molar-refractivity contribution in [2.45, 2.75) is 57.4 Å². The number of aliphatic hydroxyl groups excluding tert-OH is 2. The molecule has 1 aliphatic rings. The molecule has 5 atom stereocenters. The van der Waals surface area contributed by atoms with Crippen LogP contribution in [0.25, 0.3) is 0 Å². The molecule has 0 aliphatic heterocycles. The summed E-state index contributed by atoms with van der Waals surface area (Å²) in [6, 6.07) is 7.21. The fraction of sp³-hybridized carbons (Fsp3) is 0.609. The van der Waals surface area contributed by atoms with E-state index in [9.17, 15) is 24.6 Å². The predicted molar refractivity (Wildman–Crippen MR) is 119 cm³/mol. The summed E-state index contributed by atoms with van der Waals surface area (Å²) >= 11 is 0. The van der Waals surface area contributed by atoms with Gasteiger partial charge in [0.1, 0.15) is 11.6 Å². The number of amides is 3. The van der Waals surface area contributed by atoms with Crippen molar-refractivity contribution in [2.24, 2.45) is 11.8 Å². The number of hydrogen-bond acceptors (Lipinski definition) is 6. The molecule has 32 heavy (non-hydrogen) atoms. The average molecular weight is 450 g/mol. The van der Waals surface area contributed by atoms with E-state index in [-0.39, 0.29) is 24.2 Å². The van der Waals surface area contributed by atoms with E-state index in [1.807, 2.05) is 30.3 Å². The maximum atomic E-state index is 13.0. The van der Waals surface area contributed by atoms with Crippen LogP contribution in [0.15, 0.2) is 30.3 Å². The van der Waals surface area contributed by atoms with E-state index >= 15 is 0 Å². The summed E-state index contributed by atoms with van der Waals surface area (Å²) in [6.45, 7) is 4.66. The number of aliphatic hydroxyl groups is 2. The Bertz CT molecular complexity index is 793. The lowest BCUT2D eigenvalue weighted by Crippen LogP contribution is -2.55. The van der Waals surface area contributed by atoms with E-state index in [1.54, 1.807) is 34.9 Å². The number of nitrogens with one attached hydrogen (secondary N) is 2. The van der Waals surface area contributed by atoms with Crippen molar-refractivity contribution in [3.63, 3.8) is 0 Å². The zero-order valence-electron chi connectivity index (χ0n) is 19.4. The van der Waals surface area contributed by atoms with E-state index in [1.165, 1.54) is 4.90 Å². The zero-order valence-corrected chi connectivity index (χ0v) is 19.4. The van der Waals surface area contributed by atoms with Gasteiger partial charge < -0.3 is 30.5 Å². The molecule has 0 saturated heterocycles. The summed E-state index contributed by atoms with van der Waals surface area (Å²) in [6.07, 6.45) is -1.13. The third-order valence-electron chi connectivity index (χ3n) is 5.26. The van der Waals surface area contributed by atoms with Crippen LogP contribution >= 0.6 is 0 Å². The molecule has 0 radical (unpaired) electrons. The molecule has 9 heteroatoms. The smallest absolute Gasteiger partial charge is 0.408 e. The first-order chi connectivity index (χ1) is 14.9. The predicted octanol–water partition coefficient (Wildman–Crippen LogP) is 0.685. The van der Waals surface area contributed by atoms with Gasteiger partial charge >= 0.3 is 6.09 Å². The Morgan fingerprint density at radius 3 is 2.31 bits per heavy atom. The Morgan fingerprint density at radius 2 is 1.78 bits per heavy atom. The Balaban J connectivity index is 2.07. The van der Waals surface area contributed by atoms with Crippen LogP contribution in [0.1, 0.15) is 32.8 Å². The summed E-state index contributed by atoms with van der Waals surface area (Å²) in [5.74, 6) is -1.32. The van der Waals surface area contributed by atoms with Crippen LogP contribution in [0.2, 0.25) is 0 Å². The van der Waals surface area contributed by atoms with Gasteiger partial charge in [-0.25, -0.2) is 4.79 Å². The molecule has 0 spiro atoms. The monoisotopic (exact) mass is 449 g/mol. The zero-order chi connectivity index (χ0) is 24.1. The number of carbonyl (C=O) groups excluding carboxylic acids is 3. The molecule has 1 saturated carbocycles. The Labute approximate surface area is 189 Å². The second kappa shape index (κ2) is 10.8.